The summed E-state index contributed by atoms with van der Waals surface area (Å²) in [5.74, 6) is 0.0131. The molecular weight excluding hydrogens is 238 g/mol. The fourth-order valence-corrected chi connectivity index (χ4v) is 2.45. The average molecular weight is 249 g/mol. The Bertz CT molecular complexity index is 654. The van der Waals surface area contributed by atoms with Gasteiger partial charge in [0.2, 0.25) is 5.91 Å². The zero-order valence-electron chi connectivity index (χ0n) is 9.27. The SMILES string of the molecule is Cc1nc2sccn2c(=O)c1NC(=O)C1CC1. The number of aryl methyl sites for hydroxylation is 1. The van der Waals surface area contributed by atoms with Crippen LogP contribution >= 0.6 is 11.3 Å². The van der Waals surface area contributed by atoms with Gasteiger partial charge >= 0.3 is 0 Å². The number of nitrogens with zero attached hydrogens (tertiary/aromatic N) is 2. The molecule has 0 saturated heterocycles. The molecule has 0 atom stereocenters. The van der Waals surface area contributed by atoms with Gasteiger partial charge < -0.3 is 5.32 Å². The van der Waals surface area contributed by atoms with Crippen LogP contribution in [0.25, 0.3) is 4.96 Å². The van der Waals surface area contributed by atoms with E-state index in [-0.39, 0.29) is 17.4 Å². The Morgan fingerprint density at radius 3 is 3.06 bits per heavy atom. The van der Waals surface area contributed by atoms with Gasteiger partial charge in [0, 0.05) is 17.5 Å². The predicted molar refractivity (Wildman–Crippen MR) is 65.4 cm³/mol. The second kappa shape index (κ2) is 3.66. The first-order valence-corrected chi connectivity index (χ1v) is 6.32. The van der Waals surface area contributed by atoms with E-state index in [1.807, 2.05) is 0 Å². The Kier molecular flexibility index (Phi) is 2.25. The third kappa shape index (κ3) is 1.74. The van der Waals surface area contributed by atoms with Crippen LogP contribution in [0.5, 0.6) is 0 Å². The van der Waals surface area contributed by atoms with Gasteiger partial charge in [-0.1, -0.05) is 0 Å². The largest absolute Gasteiger partial charge is 0.320 e. The standard InChI is InChI=1S/C11H11N3O2S/c1-6-8(13-9(15)7-2-3-7)10(16)14-4-5-17-11(14)12-6/h4-5,7H,2-3H2,1H3,(H,13,15). The molecule has 0 spiro atoms. The van der Waals surface area contributed by atoms with Gasteiger partial charge in [-0.3, -0.25) is 14.0 Å². The summed E-state index contributed by atoms with van der Waals surface area (Å²) >= 11 is 1.40. The molecule has 0 aromatic carbocycles. The number of carbonyl (C=O) groups is 1. The smallest absolute Gasteiger partial charge is 0.282 e. The predicted octanol–water partition coefficient (Wildman–Crippen LogP) is 1.41. The number of carbonyl (C=O) groups excluding carboxylic acids is 1. The minimum atomic E-state index is -0.206. The Morgan fingerprint density at radius 2 is 2.35 bits per heavy atom. The number of fused-ring (bicyclic) bond motifs is 1. The number of rotatable bonds is 2. The first-order chi connectivity index (χ1) is 8.16. The molecule has 2 aromatic rings. The van der Waals surface area contributed by atoms with Gasteiger partial charge in [-0.05, 0) is 19.8 Å². The van der Waals surface area contributed by atoms with Crippen molar-refractivity contribution in [2.45, 2.75) is 19.8 Å². The van der Waals surface area contributed by atoms with Gasteiger partial charge in [0.05, 0.1) is 5.69 Å². The summed E-state index contributed by atoms with van der Waals surface area (Å²) in [6, 6.07) is 0. The Balaban J connectivity index is 2.07. The van der Waals surface area contributed by atoms with E-state index in [1.165, 1.54) is 15.7 Å². The maximum atomic E-state index is 12.1. The van der Waals surface area contributed by atoms with E-state index in [4.69, 9.17) is 0 Å². The number of anilines is 1. The van der Waals surface area contributed by atoms with Crippen molar-refractivity contribution in [1.29, 1.82) is 0 Å². The third-order valence-electron chi connectivity index (χ3n) is 2.84. The number of hydrogen-bond acceptors (Lipinski definition) is 4. The maximum Gasteiger partial charge on any atom is 0.282 e. The molecule has 0 radical (unpaired) electrons. The van der Waals surface area contributed by atoms with Crippen molar-refractivity contribution in [2.75, 3.05) is 5.32 Å². The zero-order chi connectivity index (χ0) is 12.0. The summed E-state index contributed by atoms with van der Waals surface area (Å²) in [5, 5.41) is 4.49. The Morgan fingerprint density at radius 1 is 1.59 bits per heavy atom. The van der Waals surface area contributed by atoms with Crippen LogP contribution in [0, 0.1) is 12.8 Å². The fourth-order valence-electron chi connectivity index (χ4n) is 1.70. The summed E-state index contributed by atoms with van der Waals surface area (Å²) in [5.41, 5.74) is 0.673. The molecule has 1 N–H and O–H groups in total. The van der Waals surface area contributed by atoms with Crippen LogP contribution in [-0.2, 0) is 4.79 Å². The summed E-state index contributed by atoms with van der Waals surface area (Å²) in [6.07, 6.45) is 3.50. The molecule has 17 heavy (non-hydrogen) atoms. The highest BCUT2D eigenvalue weighted by Gasteiger charge is 2.30. The van der Waals surface area contributed by atoms with Crippen LogP contribution in [-0.4, -0.2) is 15.3 Å². The number of thiazole rings is 1. The van der Waals surface area contributed by atoms with Crippen LogP contribution in [0.3, 0.4) is 0 Å². The quantitative estimate of drug-likeness (QED) is 0.875. The van der Waals surface area contributed by atoms with E-state index in [1.54, 1.807) is 18.5 Å². The van der Waals surface area contributed by atoms with Crippen LogP contribution in [0.4, 0.5) is 5.69 Å². The second-order valence-electron chi connectivity index (χ2n) is 4.20. The highest BCUT2D eigenvalue weighted by Crippen LogP contribution is 2.30. The van der Waals surface area contributed by atoms with Crippen LogP contribution in [0.1, 0.15) is 18.5 Å². The van der Waals surface area contributed by atoms with Gasteiger partial charge in [-0.25, -0.2) is 4.98 Å². The molecule has 5 nitrogen and oxygen atoms in total. The van der Waals surface area contributed by atoms with E-state index >= 15 is 0 Å². The zero-order valence-corrected chi connectivity index (χ0v) is 10.1. The normalized spacial score (nSPS) is 15.1. The molecule has 1 aliphatic carbocycles. The second-order valence-corrected chi connectivity index (χ2v) is 5.07. The summed E-state index contributed by atoms with van der Waals surface area (Å²) in [7, 11) is 0. The van der Waals surface area contributed by atoms with Gasteiger partial charge in [-0.15, -0.1) is 11.3 Å². The molecule has 1 amide bonds. The first kappa shape index (κ1) is 10.5. The van der Waals surface area contributed by atoms with Gasteiger partial charge in [0.15, 0.2) is 4.96 Å². The molecule has 2 heterocycles. The van der Waals surface area contributed by atoms with Crippen LogP contribution in [0.2, 0.25) is 0 Å². The molecule has 1 fully saturated rings. The lowest BCUT2D eigenvalue weighted by Gasteiger charge is -2.06. The van der Waals surface area contributed by atoms with Crippen molar-refractivity contribution in [3.05, 3.63) is 27.6 Å². The molecule has 0 aliphatic heterocycles. The van der Waals surface area contributed by atoms with E-state index in [0.717, 1.165) is 12.8 Å². The first-order valence-electron chi connectivity index (χ1n) is 5.44. The van der Waals surface area contributed by atoms with E-state index < -0.39 is 0 Å². The molecule has 3 rings (SSSR count). The van der Waals surface area contributed by atoms with Gasteiger partial charge in [0.1, 0.15) is 5.69 Å². The number of nitrogens with one attached hydrogen (secondary N) is 1. The average Bonchev–Trinajstić information content (AvgIpc) is 3.04. The molecule has 1 aliphatic rings. The van der Waals surface area contributed by atoms with Gasteiger partial charge in [0.25, 0.3) is 5.56 Å². The molecule has 1 saturated carbocycles. The van der Waals surface area contributed by atoms with Crippen molar-refractivity contribution in [3.63, 3.8) is 0 Å². The number of aromatic nitrogens is 2. The topological polar surface area (TPSA) is 63.5 Å². The molecule has 88 valence electrons. The Hall–Kier alpha value is -1.69. The highest BCUT2D eigenvalue weighted by atomic mass is 32.1. The Labute approximate surface area is 101 Å². The van der Waals surface area contributed by atoms with E-state index in [0.29, 0.717) is 16.3 Å². The lowest BCUT2D eigenvalue weighted by atomic mass is 10.3. The van der Waals surface area contributed by atoms with Crippen molar-refractivity contribution in [1.82, 2.24) is 9.38 Å². The molecule has 0 unspecified atom stereocenters. The highest BCUT2D eigenvalue weighted by molar-refractivity contribution is 7.15. The van der Waals surface area contributed by atoms with Gasteiger partial charge in [-0.2, -0.15) is 0 Å². The minimum absolute atomic E-state index is 0.0674. The molecular formula is C11H11N3O2S. The summed E-state index contributed by atoms with van der Waals surface area (Å²) in [4.78, 5) is 28.7. The van der Waals surface area contributed by atoms with Crippen molar-refractivity contribution in [3.8, 4) is 0 Å². The maximum absolute atomic E-state index is 12.1. The monoisotopic (exact) mass is 249 g/mol. The molecule has 0 bridgehead atoms. The number of hydrogen-bond donors (Lipinski definition) is 1. The van der Waals surface area contributed by atoms with E-state index in [2.05, 4.69) is 10.3 Å². The van der Waals surface area contributed by atoms with Crippen molar-refractivity contribution in [2.24, 2.45) is 5.92 Å². The third-order valence-corrected chi connectivity index (χ3v) is 3.60. The molecule has 2 aromatic heterocycles. The van der Waals surface area contributed by atoms with Crippen molar-refractivity contribution >= 4 is 27.9 Å². The minimum Gasteiger partial charge on any atom is -0.320 e. The fraction of sp³-hybridized carbons (Fsp3) is 0.364. The lowest BCUT2D eigenvalue weighted by Crippen LogP contribution is -2.24. The molecule has 6 heteroatoms. The van der Waals surface area contributed by atoms with Crippen LogP contribution in [0.15, 0.2) is 16.4 Å². The van der Waals surface area contributed by atoms with E-state index in [9.17, 15) is 9.59 Å². The van der Waals surface area contributed by atoms with Crippen LogP contribution < -0.4 is 10.9 Å². The number of amides is 1. The lowest BCUT2D eigenvalue weighted by molar-refractivity contribution is -0.117. The summed E-state index contributed by atoms with van der Waals surface area (Å²) in [6.45, 7) is 1.74. The summed E-state index contributed by atoms with van der Waals surface area (Å²) < 4.78 is 1.46. The van der Waals surface area contributed by atoms with Crippen molar-refractivity contribution < 1.29 is 4.79 Å².